The summed E-state index contributed by atoms with van der Waals surface area (Å²) in [6.07, 6.45) is -3.03. The van der Waals surface area contributed by atoms with Gasteiger partial charge in [-0.05, 0) is 35.9 Å². The number of nitrogens with zero attached hydrogens (tertiary/aromatic N) is 1. The van der Waals surface area contributed by atoms with Crippen molar-refractivity contribution in [3.8, 4) is 0 Å². The number of alkyl halides is 3. The van der Waals surface area contributed by atoms with Gasteiger partial charge in [0.25, 0.3) is 11.6 Å². The zero-order valence-corrected chi connectivity index (χ0v) is 11.9. The van der Waals surface area contributed by atoms with Gasteiger partial charge in [-0.1, -0.05) is 6.07 Å². The molecule has 1 heterocycles. The van der Waals surface area contributed by atoms with E-state index < -0.39 is 22.6 Å². The highest BCUT2D eigenvalue weighted by molar-refractivity contribution is 6.34. The number of nitro benzene ring substituents is 1. The second kappa shape index (κ2) is 5.48. The van der Waals surface area contributed by atoms with E-state index in [9.17, 15) is 28.1 Å². The first-order valence-electron chi connectivity index (χ1n) is 6.75. The number of nitro groups is 1. The summed E-state index contributed by atoms with van der Waals surface area (Å²) in [5.41, 5.74) is 0.224. The predicted molar refractivity (Wildman–Crippen MR) is 81.0 cm³/mol. The first-order chi connectivity index (χ1) is 11.3. The number of carbonyl (C=O) groups excluding carboxylic acids is 1. The van der Waals surface area contributed by atoms with Crippen LogP contribution in [0.2, 0.25) is 0 Å². The number of hydrogen-bond donors (Lipinski definition) is 1. The van der Waals surface area contributed by atoms with Crippen molar-refractivity contribution in [1.82, 2.24) is 0 Å². The molecule has 0 spiro atoms. The molecule has 24 heavy (non-hydrogen) atoms. The first kappa shape index (κ1) is 15.7. The Kier molecular flexibility index (Phi) is 3.59. The molecule has 0 saturated carbocycles. The highest BCUT2D eigenvalue weighted by atomic mass is 19.4. The minimum absolute atomic E-state index is 0.0861. The van der Waals surface area contributed by atoms with Crippen LogP contribution in [-0.4, -0.2) is 10.8 Å². The van der Waals surface area contributed by atoms with Gasteiger partial charge in [-0.2, -0.15) is 13.2 Å². The maximum atomic E-state index is 12.7. The van der Waals surface area contributed by atoms with E-state index in [4.69, 9.17) is 0 Å². The summed E-state index contributed by atoms with van der Waals surface area (Å²) < 4.78 is 38.2. The molecule has 1 aliphatic rings. The fourth-order valence-electron chi connectivity index (χ4n) is 2.37. The SMILES string of the molecule is O=C1Nc2cc(C(F)(F)F)ccc2/C1=C/c1ccc([N+](=O)[O-])cc1. The van der Waals surface area contributed by atoms with E-state index in [2.05, 4.69) is 5.32 Å². The van der Waals surface area contributed by atoms with Gasteiger partial charge in [0.2, 0.25) is 0 Å². The number of benzene rings is 2. The zero-order valence-electron chi connectivity index (χ0n) is 11.9. The van der Waals surface area contributed by atoms with Gasteiger partial charge in [-0.3, -0.25) is 14.9 Å². The molecule has 122 valence electrons. The third-order valence-corrected chi connectivity index (χ3v) is 3.54. The summed E-state index contributed by atoms with van der Waals surface area (Å²) in [5.74, 6) is -0.525. The molecule has 5 nitrogen and oxygen atoms in total. The quantitative estimate of drug-likeness (QED) is 0.510. The molecule has 0 aromatic heterocycles. The number of fused-ring (bicyclic) bond motifs is 1. The molecule has 2 aromatic carbocycles. The molecule has 0 fully saturated rings. The molecule has 2 aromatic rings. The summed E-state index contributed by atoms with van der Waals surface area (Å²) >= 11 is 0. The number of carbonyl (C=O) groups is 1. The van der Waals surface area contributed by atoms with Crippen molar-refractivity contribution >= 4 is 28.9 Å². The van der Waals surface area contributed by atoms with Crippen LogP contribution in [0.25, 0.3) is 11.6 Å². The van der Waals surface area contributed by atoms with Gasteiger partial charge in [0, 0.05) is 29.0 Å². The van der Waals surface area contributed by atoms with Crippen molar-refractivity contribution in [2.75, 3.05) is 5.32 Å². The number of amides is 1. The Hall–Kier alpha value is -3.16. The Labute approximate surface area is 133 Å². The van der Waals surface area contributed by atoms with Crippen molar-refractivity contribution in [2.45, 2.75) is 6.18 Å². The molecule has 0 unspecified atom stereocenters. The number of non-ortho nitro benzene ring substituents is 1. The van der Waals surface area contributed by atoms with Crippen molar-refractivity contribution in [1.29, 1.82) is 0 Å². The fraction of sp³-hybridized carbons (Fsp3) is 0.0625. The Balaban J connectivity index is 1.99. The van der Waals surface area contributed by atoms with E-state index in [-0.39, 0.29) is 16.9 Å². The molecular formula is C16H9F3N2O3. The van der Waals surface area contributed by atoms with Crippen LogP contribution >= 0.6 is 0 Å². The molecule has 0 aliphatic carbocycles. The van der Waals surface area contributed by atoms with Crippen LogP contribution in [0.5, 0.6) is 0 Å². The molecular weight excluding hydrogens is 325 g/mol. The third kappa shape index (κ3) is 2.85. The number of anilines is 1. The van der Waals surface area contributed by atoms with E-state index in [0.717, 1.165) is 12.1 Å². The first-order valence-corrected chi connectivity index (χ1v) is 6.75. The summed E-state index contributed by atoms with van der Waals surface area (Å²) in [6, 6.07) is 8.50. The number of rotatable bonds is 2. The Bertz CT molecular complexity index is 871. The monoisotopic (exact) mass is 334 g/mol. The lowest BCUT2D eigenvalue weighted by molar-refractivity contribution is -0.384. The van der Waals surface area contributed by atoms with Crippen molar-refractivity contribution in [3.05, 3.63) is 69.3 Å². The summed E-state index contributed by atoms with van der Waals surface area (Å²) in [5, 5.41) is 13.0. The molecule has 1 amide bonds. The minimum atomic E-state index is -4.50. The third-order valence-electron chi connectivity index (χ3n) is 3.54. The van der Waals surface area contributed by atoms with Gasteiger partial charge in [0.1, 0.15) is 0 Å². The molecule has 8 heteroatoms. The van der Waals surface area contributed by atoms with Crippen LogP contribution in [0.3, 0.4) is 0 Å². The molecule has 0 saturated heterocycles. The lowest BCUT2D eigenvalue weighted by Crippen LogP contribution is -2.06. The van der Waals surface area contributed by atoms with Gasteiger partial charge in [0.15, 0.2) is 0 Å². The topological polar surface area (TPSA) is 72.2 Å². The van der Waals surface area contributed by atoms with E-state index in [1.54, 1.807) is 0 Å². The van der Waals surface area contributed by atoms with E-state index in [0.29, 0.717) is 11.1 Å². The van der Waals surface area contributed by atoms with Crippen LogP contribution in [0, 0.1) is 10.1 Å². The highest BCUT2D eigenvalue weighted by Gasteiger charge is 2.33. The van der Waals surface area contributed by atoms with E-state index >= 15 is 0 Å². The van der Waals surface area contributed by atoms with Crippen LogP contribution in [0.15, 0.2) is 42.5 Å². The Morgan fingerprint density at radius 2 is 1.75 bits per heavy atom. The van der Waals surface area contributed by atoms with Crippen LogP contribution in [0.4, 0.5) is 24.5 Å². The van der Waals surface area contributed by atoms with Gasteiger partial charge in [0.05, 0.1) is 10.5 Å². The number of hydrogen-bond acceptors (Lipinski definition) is 3. The van der Waals surface area contributed by atoms with E-state index in [1.165, 1.54) is 36.4 Å². The smallest absolute Gasteiger partial charge is 0.321 e. The van der Waals surface area contributed by atoms with Crippen LogP contribution in [-0.2, 0) is 11.0 Å². The Morgan fingerprint density at radius 1 is 1.08 bits per heavy atom. The zero-order chi connectivity index (χ0) is 17.5. The maximum absolute atomic E-state index is 12.7. The average molecular weight is 334 g/mol. The predicted octanol–water partition coefficient (Wildman–Crippen LogP) is 4.11. The summed E-state index contributed by atoms with van der Waals surface area (Å²) in [7, 11) is 0. The standard InChI is InChI=1S/C16H9F3N2O3/c17-16(18,19)10-3-6-12-13(15(22)20-14(12)8-10)7-9-1-4-11(5-2-9)21(23)24/h1-8H,(H,20,22)/b13-7-. The fourth-order valence-corrected chi connectivity index (χ4v) is 2.37. The van der Waals surface area contributed by atoms with Gasteiger partial charge in [-0.15, -0.1) is 0 Å². The van der Waals surface area contributed by atoms with Gasteiger partial charge < -0.3 is 5.32 Å². The average Bonchev–Trinajstić information content (AvgIpc) is 2.82. The van der Waals surface area contributed by atoms with Gasteiger partial charge >= 0.3 is 6.18 Å². The van der Waals surface area contributed by atoms with E-state index in [1.807, 2.05) is 0 Å². The van der Waals surface area contributed by atoms with Crippen molar-refractivity contribution in [3.63, 3.8) is 0 Å². The van der Waals surface area contributed by atoms with Crippen molar-refractivity contribution in [2.24, 2.45) is 0 Å². The second-order valence-electron chi connectivity index (χ2n) is 5.12. The second-order valence-corrected chi connectivity index (χ2v) is 5.12. The van der Waals surface area contributed by atoms with Crippen LogP contribution < -0.4 is 5.32 Å². The molecule has 0 bridgehead atoms. The van der Waals surface area contributed by atoms with Crippen molar-refractivity contribution < 1.29 is 22.9 Å². The lowest BCUT2D eigenvalue weighted by Gasteiger charge is -2.08. The number of nitrogens with one attached hydrogen (secondary N) is 1. The summed E-state index contributed by atoms with van der Waals surface area (Å²) in [6.45, 7) is 0. The molecule has 0 radical (unpaired) electrons. The Morgan fingerprint density at radius 3 is 2.33 bits per heavy atom. The minimum Gasteiger partial charge on any atom is -0.321 e. The lowest BCUT2D eigenvalue weighted by atomic mass is 10.0. The molecule has 1 N–H and O–H groups in total. The summed E-state index contributed by atoms with van der Waals surface area (Å²) in [4.78, 5) is 22.1. The number of halogens is 3. The maximum Gasteiger partial charge on any atom is 0.416 e. The highest BCUT2D eigenvalue weighted by Crippen LogP contribution is 2.38. The van der Waals surface area contributed by atoms with Gasteiger partial charge in [-0.25, -0.2) is 0 Å². The largest absolute Gasteiger partial charge is 0.416 e. The molecule has 3 rings (SSSR count). The molecule has 1 aliphatic heterocycles. The van der Waals surface area contributed by atoms with Crippen LogP contribution in [0.1, 0.15) is 16.7 Å². The molecule has 0 atom stereocenters. The normalized spacial score (nSPS) is 15.3.